The largest absolute Gasteiger partial charge is 0.497 e. The van der Waals surface area contributed by atoms with Gasteiger partial charge in [0.05, 0.1) is 12.0 Å². The molecule has 0 bridgehead atoms. The first-order valence-corrected chi connectivity index (χ1v) is 9.12. The Hall–Kier alpha value is -2.92. The molecule has 0 aliphatic heterocycles. The van der Waals surface area contributed by atoms with Gasteiger partial charge in [0.15, 0.2) is 11.2 Å². The smallest absolute Gasteiger partial charge is 0.195 e. The molecule has 0 saturated heterocycles. The first-order chi connectivity index (χ1) is 12.6. The number of carbonyl (C=O) groups is 1. The number of ether oxygens (including phenoxy) is 1. The molecule has 4 rings (SSSR count). The maximum Gasteiger partial charge on any atom is 0.195 e. The minimum absolute atomic E-state index is 0.579. The predicted molar refractivity (Wildman–Crippen MR) is 105 cm³/mol. The lowest BCUT2D eigenvalue weighted by Crippen LogP contribution is -1.96. The molecule has 0 spiro atoms. The highest BCUT2D eigenvalue weighted by atomic mass is 32.1. The number of aryl methyl sites for hydroxylation is 2. The Kier molecular flexibility index (Phi) is 4.09. The van der Waals surface area contributed by atoms with Crippen molar-refractivity contribution in [3.63, 3.8) is 0 Å². The number of aldehydes is 1. The van der Waals surface area contributed by atoms with Gasteiger partial charge in [0.25, 0.3) is 0 Å². The molecule has 0 saturated carbocycles. The van der Waals surface area contributed by atoms with Crippen molar-refractivity contribution in [2.75, 3.05) is 7.11 Å². The van der Waals surface area contributed by atoms with Crippen molar-refractivity contribution in [3.8, 4) is 27.4 Å². The van der Waals surface area contributed by atoms with Crippen molar-refractivity contribution in [1.82, 2.24) is 9.38 Å². The molecule has 130 valence electrons. The highest BCUT2D eigenvalue weighted by Gasteiger charge is 2.20. The summed E-state index contributed by atoms with van der Waals surface area (Å²) < 4.78 is 7.23. The lowest BCUT2D eigenvalue weighted by atomic mass is 9.98. The molecule has 2 heterocycles. The van der Waals surface area contributed by atoms with Crippen molar-refractivity contribution in [1.29, 1.82) is 0 Å². The molecule has 26 heavy (non-hydrogen) atoms. The fraction of sp³-hybridized carbons (Fsp3) is 0.143. The average molecular weight is 362 g/mol. The van der Waals surface area contributed by atoms with Crippen molar-refractivity contribution >= 4 is 22.6 Å². The van der Waals surface area contributed by atoms with Crippen LogP contribution in [0.25, 0.3) is 26.7 Å². The molecule has 0 aliphatic rings. The lowest BCUT2D eigenvalue weighted by Gasteiger charge is -2.11. The van der Waals surface area contributed by atoms with Crippen LogP contribution in [0, 0.1) is 13.8 Å². The third-order valence-electron chi connectivity index (χ3n) is 4.51. The summed E-state index contributed by atoms with van der Waals surface area (Å²) in [6.45, 7) is 4.03. The van der Waals surface area contributed by atoms with Crippen molar-refractivity contribution in [2.45, 2.75) is 13.8 Å². The lowest BCUT2D eigenvalue weighted by molar-refractivity contribution is 0.111. The highest BCUT2D eigenvalue weighted by molar-refractivity contribution is 7.20. The van der Waals surface area contributed by atoms with E-state index in [0.29, 0.717) is 5.69 Å². The van der Waals surface area contributed by atoms with Crippen molar-refractivity contribution in [2.24, 2.45) is 0 Å². The first-order valence-electron chi connectivity index (χ1n) is 8.30. The minimum atomic E-state index is 0.579. The van der Waals surface area contributed by atoms with Gasteiger partial charge in [-0.25, -0.2) is 4.98 Å². The molecule has 0 amide bonds. The van der Waals surface area contributed by atoms with Crippen LogP contribution >= 0.6 is 11.3 Å². The maximum absolute atomic E-state index is 11.9. The number of nitrogens with zero attached hydrogens (tertiary/aromatic N) is 2. The first kappa shape index (κ1) is 16.5. The molecule has 5 heteroatoms. The van der Waals surface area contributed by atoms with Gasteiger partial charge in [-0.15, -0.1) is 0 Å². The topological polar surface area (TPSA) is 43.6 Å². The Morgan fingerprint density at radius 3 is 2.42 bits per heavy atom. The number of imidazole rings is 1. The molecule has 4 aromatic rings. The molecule has 0 unspecified atom stereocenters. The third-order valence-corrected chi connectivity index (χ3v) is 5.54. The summed E-state index contributed by atoms with van der Waals surface area (Å²) in [5.41, 5.74) is 5.50. The zero-order chi connectivity index (χ0) is 18.3. The summed E-state index contributed by atoms with van der Waals surface area (Å²) in [5.74, 6) is 0.809. The standard InChI is InChI=1S/C21H18N2O2S/c1-13-9-16(25-3)10-14(2)19(13)20-17(12-24)23-11-18(26-21(23)22-20)15-7-5-4-6-8-15/h4-12H,1-3H3. The number of carbonyl (C=O) groups excluding carboxylic acids is 1. The average Bonchev–Trinajstić information content (AvgIpc) is 3.19. The normalized spacial score (nSPS) is 11.0. The molecule has 0 N–H and O–H groups in total. The van der Waals surface area contributed by atoms with E-state index in [1.807, 2.05) is 54.8 Å². The van der Waals surface area contributed by atoms with Crippen LogP contribution in [0.4, 0.5) is 0 Å². The van der Waals surface area contributed by atoms with Crippen LogP contribution in [0.2, 0.25) is 0 Å². The van der Waals surface area contributed by atoms with E-state index < -0.39 is 0 Å². The summed E-state index contributed by atoms with van der Waals surface area (Å²) >= 11 is 1.58. The van der Waals surface area contributed by atoms with E-state index in [1.165, 1.54) is 0 Å². The molecule has 0 radical (unpaired) electrons. The maximum atomic E-state index is 11.9. The fourth-order valence-electron chi connectivity index (χ4n) is 3.31. The number of fused-ring (bicyclic) bond motifs is 1. The van der Waals surface area contributed by atoms with Gasteiger partial charge in [-0.2, -0.15) is 0 Å². The highest BCUT2D eigenvalue weighted by Crippen LogP contribution is 2.36. The van der Waals surface area contributed by atoms with Gasteiger partial charge < -0.3 is 4.74 Å². The second-order valence-corrected chi connectivity index (χ2v) is 7.22. The van der Waals surface area contributed by atoms with E-state index in [1.54, 1.807) is 18.4 Å². The van der Waals surface area contributed by atoms with Gasteiger partial charge in [-0.3, -0.25) is 9.20 Å². The number of hydrogen-bond donors (Lipinski definition) is 0. The van der Waals surface area contributed by atoms with E-state index in [2.05, 4.69) is 12.1 Å². The van der Waals surface area contributed by atoms with E-state index in [-0.39, 0.29) is 0 Å². The van der Waals surface area contributed by atoms with Gasteiger partial charge in [0, 0.05) is 11.8 Å². The van der Waals surface area contributed by atoms with Crippen LogP contribution in [0.5, 0.6) is 5.75 Å². The summed E-state index contributed by atoms with van der Waals surface area (Å²) in [6.07, 6.45) is 2.88. The van der Waals surface area contributed by atoms with Crippen molar-refractivity contribution in [3.05, 3.63) is 65.5 Å². The number of hydrogen-bond acceptors (Lipinski definition) is 4. The Balaban J connectivity index is 1.90. The summed E-state index contributed by atoms with van der Waals surface area (Å²) in [4.78, 5) is 18.6. The molecule has 2 aromatic carbocycles. The van der Waals surface area contributed by atoms with E-state index >= 15 is 0 Å². The molecular weight excluding hydrogens is 344 g/mol. The van der Waals surface area contributed by atoms with Crippen LogP contribution in [0.1, 0.15) is 21.6 Å². The second-order valence-electron chi connectivity index (χ2n) is 6.21. The van der Waals surface area contributed by atoms with Crippen LogP contribution < -0.4 is 4.74 Å². The SMILES string of the molecule is COc1cc(C)c(-c2nc3sc(-c4ccccc4)cn3c2C=O)c(C)c1. The number of aromatic nitrogens is 2. The Labute approximate surface area is 155 Å². The van der Waals surface area contributed by atoms with Crippen LogP contribution in [0.3, 0.4) is 0 Å². The number of rotatable bonds is 4. The monoisotopic (exact) mass is 362 g/mol. The van der Waals surface area contributed by atoms with Crippen LogP contribution in [-0.2, 0) is 0 Å². The fourth-order valence-corrected chi connectivity index (χ4v) is 4.31. The molecular formula is C21H18N2O2S. The van der Waals surface area contributed by atoms with Gasteiger partial charge in [0.2, 0.25) is 0 Å². The summed E-state index contributed by atoms with van der Waals surface area (Å²) in [6, 6.07) is 14.1. The minimum Gasteiger partial charge on any atom is -0.497 e. The van der Waals surface area contributed by atoms with Crippen molar-refractivity contribution < 1.29 is 9.53 Å². The van der Waals surface area contributed by atoms with E-state index in [0.717, 1.165) is 49.8 Å². The van der Waals surface area contributed by atoms with Crippen LogP contribution in [0.15, 0.2) is 48.7 Å². The Morgan fingerprint density at radius 2 is 1.81 bits per heavy atom. The van der Waals surface area contributed by atoms with E-state index in [4.69, 9.17) is 9.72 Å². The molecule has 4 nitrogen and oxygen atoms in total. The van der Waals surface area contributed by atoms with E-state index in [9.17, 15) is 4.79 Å². The molecule has 0 aliphatic carbocycles. The van der Waals surface area contributed by atoms with Gasteiger partial charge in [-0.05, 0) is 42.7 Å². The second kappa shape index (κ2) is 6.42. The molecule has 0 fully saturated rings. The summed E-state index contributed by atoms with van der Waals surface area (Å²) in [5, 5.41) is 0. The zero-order valence-corrected chi connectivity index (χ0v) is 15.6. The van der Waals surface area contributed by atoms with Gasteiger partial charge in [-0.1, -0.05) is 41.7 Å². The molecule has 2 aromatic heterocycles. The van der Waals surface area contributed by atoms with Crippen LogP contribution in [-0.4, -0.2) is 22.8 Å². The predicted octanol–water partition coefficient (Wildman–Crippen LogP) is 5.17. The third kappa shape index (κ3) is 2.61. The number of methoxy groups -OCH3 is 1. The number of benzene rings is 2. The Bertz CT molecular complexity index is 1090. The quantitative estimate of drug-likeness (QED) is 0.471. The van der Waals surface area contributed by atoms with Gasteiger partial charge in [0.1, 0.15) is 17.1 Å². The summed E-state index contributed by atoms with van der Waals surface area (Å²) in [7, 11) is 1.66. The Morgan fingerprint density at radius 1 is 1.12 bits per heavy atom. The molecule has 0 atom stereocenters. The number of thiazole rings is 1. The van der Waals surface area contributed by atoms with Gasteiger partial charge >= 0.3 is 0 Å². The zero-order valence-electron chi connectivity index (χ0n) is 14.8.